The van der Waals surface area contributed by atoms with E-state index in [1.165, 1.54) is 13.3 Å². The molecule has 1 N–H and O–H groups in total. The Bertz CT molecular complexity index is 833. The van der Waals surface area contributed by atoms with Crippen LogP contribution in [-0.4, -0.2) is 30.1 Å². The van der Waals surface area contributed by atoms with Gasteiger partial charge in [0.2, 0.25) is 5.88 Å². The summed E-state index contributed by atoms with van der Waals surface area (Å²) in [6.07, 6.45) is 1.52. The molecule has 0 radical (unpaired) electrons. The van der Waals surface area contributed by atoms with Crippen molar-refractivity contribution in [3.05, 3.63) is 52.9 Å². The SMILES string of the molecule is COc1ccc(C(=O)Nc2nc(OC)cnc2-c2ccsc2)cc1. The molecule has 3 aromatic rings. The van der Waals surface area contributed by atoms with E-state index in [-0.39, 0.29) is 5.91 Å². The summed E-state index contributed by atoms with van der Waals surface area (Å²) in [6, 6.07) is 8.75. The first-order chi connectivity index (χ1) is 11.7. The molecule has 0 saturated carbocycles. The van der Waals surface area contributed by atoms with E-state index in [0.717, 1.165) is 5.56 Å². The summed E-state index contributed by atoms with van der Waals surface area (Å²) in [5.74, 6) is 1.09. The normalized spacial score (nSPS) is 10.2. The molecule has 2 aromatic heterocycles. The van der Waals surface area contributed by atoms with Crippen LogP contribution in [0.5, 0.6) is 11.6 Å². The molecule has 1 amide bonds. The first kappa shape index (κ1) is 15.9. The number of aromatic nitrogens is 2. The summed E-state index contributed by atoms with van der Waals surface area (Å²) in [6.45, 7) is 0. The van der Waals surface area contributed by atoms with Crippen LogP contribution in [0.4, 0.5) is 5.82 Å². The quantitative estimate of drug-likeness (QED) is 0.769. The zero-order chi connectivity index (χ0) is 16.9. The summed E-state index contributed by atoms with van der Waals surface area (Å²) in [4.78, 5) is 21.1. The number of carbonyl (C=O) groups excluding carboxylic acids is 1. The number of anilines is 1. The van der Waals surface area contributed by atoms with Crippen molar-refractivity contribution < 1.29 is 14.3 Å². The Kier molecular flexibility index (Phi) is 4.72. The number of rotatable bonds is 5. The van der Waals surface area contributed by atoms with Crippen LogP contribution in [0.1, 0.15) is 10.4 Å². The lowest BCUT2D eigenvalue weighted by molar-refractivity contribution is 0.102. The van der Waals surface area contributed by atoms with E-state index in [2.05, 4.69) is 15.3 Å². The van der Waals surface area contributed by atoms with Gasteiger partial charge in [-0.2, -0.15) is 16.3 Å². The van der Waals surface area contributed by atoms with E-state index in [1.807, 2.05) is 16.8 Å². The highest BCUT2D eigenvalue weighted by molar-refractivity contribution is 7.08. The van der Waals surface area contributed by atoms with E-state index < -0.39 is 0 Å². The van der Waals surface area contributed by atoms with Gasteiger partial charge in [0.1, 0.15) is 11.4 Å². The molecule has 0 atom stereocenters. The molecule has 24 heavy (non-hydrogen) atoms. The number of nitrogens with zero attached hydrogens (tertiary/aromatic N) is 2. The Morgan fingerprint density at radius 2 is 1.92 bits per heavy atom. The molecule has 0 aliphatic heterocycles. The predicted molar refractivity (Wildman–Crippen MR) is 92.8 cm³/mol. The first-order valence-corrected chi connectivity index (χ1v) is 8.04. The molecule has 7 heteroatoms. The van der Waals surface area contributed by atoms with E-state index in [0.29, 0.717) is 28.7 Å². The Hall–Kier alpha value is -2.93. The van der Waals surface area contributed by atoms with Crippen molar-refractivity contribution in [2.75, 3.05) is 19.5 Å². The predicted octanol–water partition coefficient (Wildman–Crippen LogP) is 3.47. The minimum Gasteiger partial charge on any atom is -0.497 e. The number of thiophene rings is 1. The Labute approximate surface area is 143 Å². The van der Waals surface area contributed by atoms with Crippen LogP contribution >= 0.6 is 11.3 Å². The van der Waals surface area contributed by atoms with Gasteiger partial charge in [0.15, 0.2) is 5.82 Å². The zero-order valence-corrected chi connectivity index (χ0v) is 14.0. The fourth-order valence-corrected chi connectivity index (χ4v) is 2.73. The molecule has 2 heterocycles. The molecular formula is C17H15N3O3S. The minimum atomic E-state index is -0.281. The van der Waals surface area contributed by atoms with Crippen molar-refractivity contribution in [1.82, 2.24) is 9.97 Å². The number of nitrogens with one attached hydrogen (secondary N) is 1. The van der Waals surface area contributed by atoms with Crippen LogP contribution in [0, 0.1) is 0 Å². The van der Waals surface area contributed by atoms with E-state index in [9.17, 15) is 4.79 Å². The first-order valence-electron chi connectivity index (χ1n) is 7.10. The molecule has 0 spiro atoms. The molecule has 3 rings (SSSR count). The van der Waals surface area contributed by atoms with Gasteiger partial charge in [-0.05, 0) is 35.7 Å². The molecule has 0 fully saturated rings. The summed E-state index contributed by atoms with van der Waals surface area (Å²) in [5.41, 5.74) is 1.98. The van der Waals surface area contributed by atoms with Crippen molar-refractivity contribution in [3.63, 3.8) is 0 Å². The number of amides is 1. The van der Waals surface area contributed by atoms with Crippen LogP contribution in [0.3, 0.4) is 0 Å². The third kappa shape index (κ3) is 3.36. The van der Waals surface area contributed by atoms with Crippen LogP contribution in [0.15, 0.2) is 47.3 Å². The molecule has 0 aliphatic rings. The van der Waals surface area contributed by atoms with Gasteiger partial charge in [-0.15, -0.1) is 0 Å². The summed E-state index contributed by atoms with van der Waals surface area (Å²) >= 11 is 1.55. The monoisotopic (exact) mass is 341 g/mol. The van der Waals surface area contributed by atoms with Gasteiger partial charge in [0, 0.05) is 16.5 Å². The summed E-state index contributed by atoms with van der Waals surface area (Å²) < 4.78 is 10.2. The molecular weight excluding hydrogens is 326 g/mol. The number of ether oxygens (including phenoxy) is 2. The maximum Gasteiger partial charge on any atom is 0.256 e. The van der Waals surface area contributed by atoms with Gasteiger partial charge in [0.25, 0.3) is 5.91 Å². The van der Waals surface area contributed by atoms with Crippen LogP contribution in [0.25, 0.3) is 11.3 Å². The average molecular weight is 341 g/mol. The van der Waals surface area contributed by atoms with Crippen LogP contribution in [0.2, 0.25) is 0 Å². The molecule has 122 valence electrons. The third-order valence-corrected chi connectivity index (χ3v) is 4.02. The van der Waals surface area contributed by atoms with Crippen LogP contribution in [-0.2, 0) is 0 Å². The fraction of sp³-hybridized carbons (Fsp3) is 0.118. The smallest absolute Gasteiger partial charge is 0.256 e. The van der Waals surface area contributed by atoms with Crippen molar-refractivity contribution in [2.24, 2.45) is 0 Å². The van der Waals surface area contributed by atoms with E-state index in [1.54, 1.807) is 42.7 Å². The molecule has 0 unspecified atom stereocenters. The second kappa shape index (κ2) is 7.10. The van der Waals surface area contributed by atoms with E-state index in [4.69, 9.17) is 9.47 Å². The van der Waals surface area contributed by atoms with Gasteiger partial charge in [-0.1, -0.05) is 0 Å². The Morgan fingerprint density at radius 1 is 1.12 bits per heavy atom. The van der Waals surface area contributed by atoms with E-state index >= 15 is 0 Å². The maximum atomic E-state index is 12.5. The summed E-state index contributed by atoms with van der Waals surface area (Å²) in [5, 5.41) is 6.68. The molecule has 0 aliphatic carbocycles. The highest BCUT2D eigenvalue weighted by Crippen LogP contribution is 2.28. The lowest BCUT2D eigenvalue weighted by Crippen LogP contribution is -2.14. The zero-order valence-electron chi connectivity index (χ0n) is 13.1. The molecule has 0 bridgehead atoms. The highest BCUT2D eigenvalue weighted by atomic mass is 32.1. The summed E-state index contributed by atoms with van der Waals surface area (Å²) in [7, 11) is 3.08. The number of hydrogen-bond acceptors (Lipinski definition) is 6. The second-order valence-corrected chi connectivity index (χ2v) is 5.58. The number of carbonyl (C=O) groups is 1. The largest absolute Gasteiger partial charge is 0.497 e. The van der Waals surface area contributed by atoms with Crippen LogP contribution < -0.4 is 14.8 Å². The molecule has 6 nitrogen and oxygen atoms in total. The van der Waals surface area contributed by atoms with Crippen molar-refractivity contribution >= 4 is 23.1 Å². The van der Waals surface area contributed by atoms with Gasteiger partial charge in [-0.25, -0.2) is 4.98 Å². The van der Waals surface area contributed by atoms with Gasteiger partial charge >= 0.3 is 0 Å². The lowest BCUT2D eigenvalue weighted by atomic mass is 10.2. The molecule has 0 saturated heterocycles. The second-order valence-electron chi connectivity index (χ2n) is 4.80. The molecule has 1 aromatic carbocycles. The van der Waals surface area contributed by atoms with Crippen molar-refractivity contribution in [1.29, 1.82) is 0 Å². The van der Waals surface area contributed by atoms with Gasteiger partial charge < -0.3 is 14.8 Å². The fourth-order valence-electron chi connectivity index (χ4n) is 2.09. The number of benzene rings is 1. The standard InChI is InChI=1S/C17H15N3O3S/c1-22-13-5-3-11(4-6-13)17(21)20-16-15(12-7-8-24-10-12)18-9-14(19-16)23-2/h3-10H,1-2H3,(H,19,20,21). The average Bonchev–Trinajstić information content (AvgIpc) is 3.16. The Balaban J connectivity index is 1.91. The number of methoxy groups -OCH3 is 2. The minimum absolute atomic E-state index is 0.281. The Morgan fingerprint density at radius 3 is 2.54 bits per heavy atom. The third-order valence-electron chi connectivity index (χ3n) is 3.34. The highest BCUT2D eigenvalue weighted by Gasteiger charge is 2.15. The van der Waals surface area contributed by atoms with Gasteiger partial charge in [0.05, 0.1) is 20.4 Å². The van der Waals surface area contributed by atoms with Gasteiger partial charge in [-0.3, -0.25) is 4.79 Å². The van der Waals surface area contributed by atoms with Crippen molar-refractivity contribution in [2.45, 2.75) is 0 Å². The lowest BCUT2D eigenvalue weighted by Gasteiger charge is -2.10. The number of hydrogen-bond donors (Lipinski definition) is 1. The topological polar surface area (TPSA) is 73.3 Å². The maximum absolute atomic E-state index is 12.5. The van der Waals surface area contributed by atoms with Crippen molar-refractivity contribution in [3.8, 4) is 22.9 Å².